The van der Waals surface area contributed by atoms with Crippen LogP contribution in [0, 0.1) is 24.7 Å². The van der Waals surface area contributed by atoms with Gasteiger partial charge in [-0.05, 0) is 113 Å². The Bertz CT molecular complexity index is 1120. The topological polar surface area (TPSA) is 0 Å². The van der Waals surface area contributed by atoms with Crippen molar-refractivity contribution >= 4 is 0 Å². The van der Waals surface area contributed by atoms with Crippen LogP contribution in [0.1, 0.15) is 76.0 Å². The standard InChI is InChI=1S/C33H38/c1-22-5-7-26(8-6-22)28-16-29(18-31(17-28)32(2,3)4)27-9-11-30(12-10-27)33-19-23-13-24(20-33)15-25(14-23)21-33/h5-12,16-18,23-25H,13-15,19-21H2,1-4H3. The maximum Gasteiger partial charge on any atom is -0.00391 e. The minimum absolute atomic E-state index is 0.120. The molecule has 0 nitrogen and oxygen atoms in total. The first kappa shape index (κ1) is 21.2. The lowest BCUT2D eigenvalue weighted by Crippen LogP contribution is -2.48. The van der Waals surface area contributed by atoms with Gasteiger partial charge in [0, 0.05) is 0 Å². The third-order valence-electron chi connectivity index (χ3n) is 9.05. The summed E-state index contributed by atoms with van der Waals surface area (Å²) in [5.74, 6) is 2.99. The van der Waals surface area contributed by atoms with Crippen molar-refractivity contribution in [3.8, 4) is 22.3 Å². The second-order valence-electron chi connectivity index (χ2n) is 12.7. The van der Waals surface area contributed by atoms with Crippen LogP contribution in [-0.2, 0) is 10.8 Å². The van der Waals surface area contributed by atoms with Gasteiger partial charge in [0.25, 0.3) is 0 Å². The summed E-state index contributed by atoms with van der Waals surface area (Å²) in [5.41, 5.74) is 10.3. The van der Waals surface area contributed by atoms with E-state index in [-0.39, 0.29) is 5.41 Å². The molecule has 3 aromatic carbocycles. The summed E-state index contributed by atoms with van der Waals surface area (Å²) in [4.78, 5) is 0. The van der Waals surface area contributed by atoms with Gasteiger partial charge in [-0.2, -0.15) is 0 Å². The van der Waals surface area contributed by atoms with Gasteiger partial charge in [0.2, 0.25) is 0 Å². The molecule has 4 bridgehead atoms. The van der Waals surface area contributed by atoms with Crippen LogP contribution in [0.15, 0.2) is 66.7 Å². The summed E-state index contributed by atoms with van der Waals surface area (Å²) >= 11 is 0. The van der Waals surface area contributed by atoms with Crippen molar-refractivity contribution in [2.45, 2.75) is 77.0 Å². The fourth-order valence-electron chi connectivity index (χ4n) is 7.62. The lowest BCUT2D eigenvalue weighted by molar-refractivity contribution is -0.00518. The Morgan fingerprint density at radius 3 is 1.52 bits per heavy atom. The van der Waals surface area contributed by atoms with E-state index in [1.807, 2.05) is 0 Å². The monoisotopic (exact) mass is 434 g/mol. The van der Waals surface area contributed by atoms with Crippen LogP contribution in [0.2, 0.25) is 0 Å². The SMILES string of the molecule is Cc1ccc(-c2cc(-c3ccc(C45CC6CC(CC(C6)C4)C5)cc3)cc(C(C)(C)C)c2)cc1. The van der Waals surface area contributed by atoms with Crippen molar-refractivity contribution in [3.05, 3.63) is 83.4 Å². The first-order chi connectivity index (χ1) is 15.8. The summed E-state index contributed by atoms with van der Waals surface area (Å²) in [6.07, 6.45) is 8.86. The Morgan fingerprint density at radius 1 is 0.606 bits per heavy atom. The second kappa shape index (κ2) is 7.59. The highest BCUT2D eigenvalue weighted by Crippen LogP contribution is 2.60. The molecule has 4 aliphatic carbocycles. The molecule has 0 aliphatic heterocycles. The molecule has 0 heterocycles. The average molecular weight is 435 g/mol. The highest BCUT2D eigenvalue weighted by Gasteiger charge is 2.51. The molecule has 0 spiro atoms. The van der Waals surface area contributed by atoms with E-state index in [1.165, 1.54) is 71.9 Å². The molecule has 0 atom stereocenters. The fraction of sp³-hybridized carbons (Fsp3) is 0.455. The second-order valence-corrected chi connectivity index (χ2v) is 12.7. The lowest BCUT2D eigenvalue weighted by atomic mass is 9.48. The summed E-state index contributed by atoms with van der Waals surface area (Å²) in [6.45, 7) is 9.12. The zero-order valence-electron chi connectivity index (χ0n) is 20.8. The molecule has 4 aliphatic rings. The minimum atomic E-state index is 0.120. The van der Waals surface area contributed by atoms with E-state index >= 15 is 0 Å². The number of aryl methyl sites for hydroxylation is 1. The zero-order valence-corrected chi connectivity index (χ0v) is 20.8. The number of benzene rings is 3. The molecule has 0 N–H and O–H groups in total. The van der Waals surface area contributed by atoms with Crippen LogP contribution in [0.4, 0.5) is 0 Å². The van der Waals surface area contributed by atoms with E-state index in [4.69, 9.17) is 0 Å². The van der Waals surface area contributed by atoms with Crippen molar-refractivity contribution in [3.63, 3.8) is 0 Å². The van der Waals surface area contributed by atoms with E-state index in [2.05, 4.69) is 94.4 Å². The van der Waals surface area contributed by atoms with E-state index < -0.39 is 0 Å². The summed E-state index contributed by atoms with van der Waals surface area (Å²) < 4.78 is 0. The van der Waals surface area contributed by atoms with Gasteiger partial charge >= 0.3 is 0 Å². The van der Waals surface area contributed by atoms with Crippen molar-refractivity contribution in [2.75, 3.05) is 0 Å². The van der Waals surface area contributed by atoms with Crippen LogP contribution < -0.4 is 0 Å². The zero-order chi connectivity index (χ0) is 22.8. The molecular weight excluding hydrogens is 396 g/mol. The quantitative estimate of drug-likeness (QED) is 0.385. The van der Waals surface area contributed by atoms with Crippen LogP contribution in [-0.4, -0.2) is 0 Å². The van der Waals surface area contributed by atoms with Gasteiger partial charge in [-0.3, -0.25) is 0 Å². The molecule has 0 amide bonds. The van der Waals surface area contributed by atoms with Crippen molar-refractivity contribution in [1.29, 1.82) is 0 Å². The molecule has 170 valence electrons. The van der Waals surface area contributed by atoms with E-state index in [0.29, 0.717) is 5.41 Å². The Hall–Kier alpha value is -2.34. The van der Waals surface area contributed by atoms with E-state index in [0.717, 1.165) is 17.8 Å². The molecule has 0 radical (unpaired) electrons. The molecule has 0 heteroatoms. The number of hydrogen-bond acceptors (Lipinski definition) is 0. The van der Waals surface area contributed by atoms with Crippen molar-refractivity contribution in [2.24, 2.45) is 17.8 Å². The smallest absolute Gasteiger partial charge is 0.00391 e. The number of hydrogen-bond donors (Lipinski definition) is 0. The Labute approximate surface area is 200 Å². The van der Waals surface area contributed by atoms with E-state index in [1.54, 1.807) is 5.56 Å². The van der Waals surface area contributed by atoms with Gasteiger partial charge in [0.1, 0.15) is 0 Å². The van der Waals surface area contributed by atoms with Gasteiger partial charge in [0.05, 0.1) is 0 Å². The molecule has 0 saturated heterocycles. The first-order valence-corrected chi connectivity index (χ1v) is 13.1. The van der Waals surface area contributed by atoms with Crippen LogP contribution in [0.5, 0.6) is 0 Å². The highest BCUT2D eigenvalue weighted by molar-refractivity contribution is 5.75. The van der Waals surface area contributed by atoms with Crippen LogP contribution in [0.25, 0.3) is 22.3 Å². The minimum Gasteiger partial charge on any atom is -0.0587 e. The average Bonchev–Trinajstić information content (AvgIpc) is 2.78. The van der Waals surface area contributed by atoms with Crippen LogP contribution in [0.3, 0.4) is 0 Å². The fourth-order valence-corrected chi connectivity index (χ4v) is 7.62. The van der Waals surface area contributed by atoms with Gasteiger partial charge < -0.3 is 0 Å². The van der Waals surface area contributed by atoms with Gasteiger partial charge in [-0.1, -0.05) is 87.0 Å². The van der Waals surface area contributed by atoms with Crippen molar-refractivity contribution in [1.82, 2.24) is 0 Å². The molecule has 33 heavy (non-hydrogen) atoms. The lowest BCUT2D eigenvalue weighted by Gasteiger charge is -2.57. The predicted octanol–water partition coefficient (Wildman–Crippen LogP) is 9.09. The summed E-state index contributed by atoms with van der Waals surface area (Å²) in [6, 6.07) is 25.9. The molecule has 0 aromatic heterocycles. The van der Waals surface area contributed by atoms with Crippen LogP contribution >= 0.6 is 0 Å². The third-order valence-corrected chi connectivity index (χ3v) is 9.05. The largest absolute Gasteiger partial charge is 0.0587 e. The predicted molar refractivity (Wildman–Crippen MR) is 141 cm³/mol. The molecule has 0 unspecified atom stereocenters. The Kier molecular flexibility index (Phi) is 4.88. The highest BCUT2D eigenvalue weighted by atomic mass is 14.6. The molecule has 7 rings (SSSR count). The Morgan fingerprint density at radius 2 is 1.06 bits per heavy atom. The Balaban J connectivity index is 1.37. The van der Waals surface area contributed by atoms with Gasteiger partial charge in [-0.25, -0.2) is 0 Å². The summed E-state index contributed by atoms with van der Waals surface area (Å²) in [7, 11) is 0. The van der Waals surface area contributed by atoms with Gasteiger partial charge in [0.15, 0.2) is 0 Å². The molecule has 4 fully saturated rings. The third kappa shape index (κ3) is 3.86. The van der Waals surface area contributed by atoms with Crippen molar-refractivity contribution < 1.29 is 0 Å². The van der Waals surface area contributed by atoms with Gasteiger partial charge in [-0.15, -0.1) is 0 Å². The molecule has 4 saturated carbocycles. The maximum absolute atomic E-state index is 2.48. The molecular formula is C33H38. The normalized spacial score (nSPS) is 28.3. The molecule has 3 aromatic rings. The maximum atomic E-state index is 2.48. The van der Waals surface area contributed by atoms with E-state index in [9.17, 15) is 0 Å². The summed E-state index contributed by atoms with van der Waals surface area (Å²) in [5, 5.41) is 0. The first-order valence-electron chi connectivity index (χ1n) is 13.1. The number of rotatable bonds is 3.